The zero-order valence-electron chi connectivity index (χ0n) is 9.36. The predicted octanol–water partition coefficient (Wildman–Crippen LogP) is 0.736. The van der Waals surface area contributed by atoms with Gasteiger partial charge in [0.2, 0.25) is 5.91 Å². The van der Waals surface area contributed by atoms with Crippen molar-refractivity contribution in [2.75, 3.05) is 26.8 Å². The molecule has 88 valence electrons. The van der Waals surface area contributed by atoms with Gasteiger partial charge in [0.25, 0.3) is 0 Å². The Balaban J connectivity index is 3.55. The van der Waals surface area contributed by atoms with Crippen molar-refractivity contribution in [1.82, 2.24) is 4.90 Å². The molecule has 15 heavy (non-hydrogen) atoms. The Morgan fingerprint density at radius 2 is 1.93 bits per heavy atom. The molecule has 5 nitrogen and oxygen atoms in total. The molecule has 1 amide bonds. The van der Waals surface area contributed by atoms with E-state index in [4.69, 9.17) is 9.84 Å². The normalized spacial score (nSPS) is 10.0. The molecule has 0 fully saturated rings. The minimum absolute atomic E-state index is 0.0158. The van der Waals surface area contributed by atoms with Crippen molar-refractivity contribution in [3.63, 3.8) is 0 Å². The maximum atomic E-state index is 11.4. The van der Waals surface area contributed by atoms with Crippen LogP contribution >= 0.6 is 0 Å². The Kier molecular flexibility index (Phi) is 7.62. The largest absolute Gasteiger partial charge is 0.481 e. The predicted molar refractivity (Wildman–Crippen MR) is 55.6 cm³/mol. The highest BCUT2D eigenvalue weighted by Gasteiger charge is 2.09. The number of hydrogen-bond acceptors (Lipinski definition) is 3. The maximum absolute atomic E-state index is 11.4. The highest BCUT2D eigenvalue weighted by Crippen LogP contribution is 1.94. The molecule has 0 aromatic rings. The SMILES string of the molecule is CCCOCCC(=O)N(C)CCC(=O)O. The first kappa shape index (κ1) is 13.9. The first-order valence-corrected chi connectivity index (χ1v) is 5.11. The topological polar surface area (TPSA) is 66.8 Å². The molecule has 0 saturated heterocycles. The molecule has 0 unspecified atom stereocenters. The van der Waals surface area contributed by atoms with Crippen LogP contribution in [-0.2, 0) is 14.3 Å². The molecular formula is C10H19NO4. The molecule has 0 radical (unpaired) electrons. The fourth-order valence-electron chi connectivity index (χ4n) is 0.985. The number of ether oxygens (including phenoxy) is 1. The van der Waals surface area contributed by atoms with Crippen LogP contribution in [0.1, 0.15) is 26.2 Å². The Morgan fingerprint density at radius 1 is 1.27 bits per heavy atom. The van der Waals surface area contributed by atoms with Gasteiger partial charge in [0, 0.05) is 20.2 Å². The second-order valence-electron chi connectivity index (χ2n) is 3.32. The lowest BCUT2D eigenvalue weighted by molar-refractivity contribution is -0.138. The van der Waals surface area contributed by atoms with Crippen molar-refractivity contribution in [3.8, 4) is 0 Å². The lowest BCUT2D eigenvalue weighted by Gasteiger charge is -2.15. The molecular weight excluding hydrogens is 198 g/mol. The van der Waals surface area contributed by atoms with Gasteiger partial charge in [0.1, 0.15) is 0 Å². The average Bonchev–Trinajstić information content (AvgIpc) is 2.20. The Hall–Kier alpha value is -1.10. The number of rotatable bonds is 8. The third-order valence-corrected chi connectivity index (χ3v) is 1.90. The summed E-state index contributed by atoms with van der Waals surface area (Å²) in [6.07, 6.45) is 1.23. The van der Waals surface area contributed by atoms with Gasteiger partial charge in [-0.05, 0) is 6.42 Å². The van der Waals surface area contributed by atoms with Crippen LogP contribution in [0.2, 0.25) is 0 Å². The standard InChI is InChI=1S/C10H19NO4/c1-3-7-15-8-5-9(12)11(2)6-4-10(13)14/h3-8H2,1-2H3,(H,13,14). The summed E-state index contributed by atoms with van der Waals surface area (Å²) in [4.78, 5) is 23.1. The van der Waals surface area contributed by atoms with E-state index in [2.05, 4.69) is 0 Å². The van der Waals surface area contributed by atoms with Crippen LogP contribution in [0.15, 0.2) is 0 Å². The lowest BCUT2D eigenvalue weighted by atomic mass is 10.3. The highest BCUT2D eigenvalue weighted by atomic mass is 16.5. The number of aliphatic carboxylic acids is 1. The molecule has 1 N–H and O–H groups in total. The molecule has 0 spiro atoms. The van der Waals surface area contributed by atoms with Gasteiger partial charge in [0.05, 0.1) is 19.4 Å². The first-order valence-electron chi connectivity index (χ1n) is 5.11. The van der Waals surface area contributed by atoms with Gasteiger partial charge in [-0.15, -0.1) is 0 Å². The molecule has 0 saturated carbocycles. The van der Waals surface area contributed by atoms with Crippen molar-refractivity contribution < 1.29 is 19.4 Å². The minimum atomic E-state index is -0.892. The quantitative estimate of drug-likeness (QED) is 0.609. The molecule has 0 aromatic heterocycles. The van der Waals surface area contributed by atoms with Crippen LogP contribution in [0, 0.1) is 0 Å². The molecule has 0 aliphatic carbocycles. The second-order valence-corrected chi connectivity index (χ2v) is 3.32. The molecule has 0 bridgehead atoms. The number of carbonyl (C=O) groups is 2. The van der Waals surface area contributed by atoms with Crippen LogP contribution in [0.5, 0.6) is 0 Å². The van der Waals surface area contributed by atoms with Gasteiger partial charge in [-0.2, -0.15) is 0 Å². The summed E-state index contributed by atoms with van der Waals surface area (Å²) in [6.45, 7) is 3.32. The fraction of sp³-hybridized carbons (Fsp3) is 0.800. The summed E-state index contributed by atoms with van der Waals surface area (Å²) >= 11 is 0. The van der Waals surface area contributed by atoms with Crippen molar-refractivity contribution in [2.24, 2.45) is 0 Å². The lowest BCUT2D eigenvalue weighted by Crippen LogP contribution is -2.29. The van der Waals surface area contributed by atoms with Crippen molar-refractivity contribution in [2.45, 2.75) is 26.2 Å². The van der Waals surface area contributed by atoms with Gasteiger partial charge >= 0.3 is 5.97 Å². The van der Waals surface area contributed by atoms with E-state index in [1.165, 1.54) is 4.90 Å². The highest BCUT2D eigenvalue weighted by molar-refractivity contribution is 5.76. The Labute approximate surface area is 90.0 Å². The van der Waals surface area contributed by atoms with Crippen LogP contribution < -0.4 is 0 Å². The Morgan fingerprint density at radius 3 is 2.47 bits per heavy atom. The number of amides is 1. The Bertz CT molecular complexity index is 206. The fourth-order valence-corrected chi connectivity index (χ4v) is 0.985. The van der Waals surface area contributed by atoms with E-state index in [1.807, 2.05) is 6.92 Å². The minimum Gasteiger partial charge on any atom is -0.481 e. The van der Waals surface area contributed by atoms with E-state index in [0.717, 1.165) is 6.42 Å². The summed E-state index contributed by atoms with van der Waals surface area (Å²) in [5.41, 5.74) is 0. The van der Waals surface area contributed by atoms with Gasteiger partial charge in [-0.25, -0.2) is 0 Å². The van der Waals surface area contributed by atoms with E-state index in [0.29, 0.717) is 19.6 Å². The zero-order chi connectivity index (χ0) is 11.7. The third-order valence-electron chi connectivity index (χ3n) is 1.90. The van der Waals surface area contributed by atoms with Crippen molar-refractivity contribution >= 4 is 11.9 Å². The third kappa shape index (κ3) is 7.93. The monoisotopic (exact) mass is 217 g/mol. The molecule has 5 heteroatoms. The van der Waals surface area contributed by atoms with Crippen molar-refractivity contribution in [1.29, 1.82) is 0 Å². The number of carboxylic acid groups (broad SMARTS) is 1. The molecule has 0 rings (SSSR count). The summed E-state index contributed by atoms with van der Waals surface area (Å²) in [5, 5.41) is 8.43. The van der Waals surface area contributed by atoms with Crippen LogP contribution in [0.25, 0.3) is 0 Å². The van der Waals surface area contributed by atoms with Crippen LogP contribution in [0.4, 0.5) is 0 Å². The van der Waals surface area contributed by atoms with E-state index < -0.39 is 5.97 Å². The van der Waals surface area contributed by atoms with Crippen molar-refractivity contribution in [3.05, 3.63) is 0 Å². The first-order chi connectivity index (χ1) is 7.07. The van der Waals surface area contributed by atoms with E-state index in [1.54, 1.807) is 7.05 Å². The summed E-state index contributed by atoms with van der Waals surface area (Å²) in [5.74, 6) is -0.968. The molecule has 0 heterocycles. The summed E-state index contributed by atoms with van der Waals surface area (Å²) in [7, 11) is 1.60. The molecule has 0 aromatic carbocycles. The number of nitrogens with zero attached hydrogens (tertiary/aromatic N) is 1. The number of carbonyl (C=O) groups excluding carboxylic acids is 1. The second kappa shape index (κ2) is 8.23. The van der Waals surface area contributed by atoms with E-state index in [-0.39, 0.29) is 18.9 Å². The van der Waals surface area contributed by atoms with E-state index >= 15 is 0 Å². The van der Waals surface area contributed by atoms with Gasteiger partial charge < -0.3 is 14.7 Å². The van der Waals surface area contributed by atoms with Gasteiger partial charge in [0.15, 0.2) is 0 Å². The van der Waals surface area contributed by atoms with Crippen LogP contribution in [0.3, 0.4) is 0 Å². The van der Waals surface area contributed by atoms with Gasteiger partial charge in [-0.1, -0.05) is 6.92 Å². The number of carboxylic acids is 1. The average molecular weight is 217 g/mol. The van der Waals surface area contributed by atoms with Crippen LogP contribution in [-0.4, -0.2) is 48.7 Å². The molecule has 0 aliphatic rings. The van der Waals surface area contributed by atoms with E-state index in [9.17, 15) is 9.59 Å². The molecule has 0 aliphatic heterocycles. The maximum Gasteiger partial charge on any atom is 0.305 e. The number of hydrogen-bond donors (Lipinski definition) is 1. The smallest absolute Gasteiger partial charge is 0.305 e. The summed E-state index contributed by atoms with van der Waals surface area (Å²) < 4.78 is 5.17. The molecule has 0 atom stereocenters. The summed E-state index contributed by atoms with van der Waals surface area (Å²) in [6, 6.07) is 0. The van der Waals surface area contributed by atoms with Gasteiger partial charge in [-0.3, -0.25) is 9.59 Å². The zero-order valence-corrected chi connectivity index (χ0v) is 9.36.